The number of hydrogen-bond donors (Lipinski definition) is 0. The second kappa shape index (κ2) is 13.6. The van der Waals surface area contributed by atoms with E-state index in [1.807, 2.05) is 67.6 Å². The third-order valence-electron chi connectivity index (χ3n) is 6.18. The number of aryl methyl sites for hydroxylation is 1. The molecule has 0 aromatic heterocycles. The molecule has 1 aliphatic rings. The molecule has 0 radical (unpaired) electrons. The normalized spacial score (nSPS) is 14.2. The average molecular weight is 735 g/mol. The molecule has 1 amide bonds. The maximum Gasteiger partial charge on any atom is 0.325 e. The molecule has 4 rings (SSSR count). The van der Waals surface area contributed by atoms with E-state index in [9.17, 15) is 9.59 Å². The second-order valence-corrected chi connectivity index (χ2v) is 11.3. The quantitative estimate of drug-likeness (QED) is 0.0990. The Bertz CT molecular complexity index is 1440. The predicted octanol–water partition coefficient (Wildman–Crippen LogP) is 6.74. The number of carbonyl (C=O) groups excluding carboxylic acids is 2. The Morgan fingerprint density at radius 3 is 2.33 bits per heavy atom. The van der Waals surface area contributed by atoms with Crippen LogP contribution >= 0.6 is 50.7 Å². The van der Waals surface area contributed by atoms with Crippen LogP contribution in [0.25, 0.3) is 6.08 Å². The first-order chi connectivity index (χ1) is 19.2. The maximum absolute atomic E-state index is 13.7. The van der Waals surface area contributed by atoms with Gasteiger partial charge in [0.05, 0.1) is 23.0 Å². The van der Waals surface area contributed by atoms with Crippen LogP contribution in [-0.2, 0) is 27.4 Å². The molecule has 208 valence electrons. The van der Waals surface area contributed by atoms with Crippen molar-refractivity contribution in [3.63, 3.8) is 0 Å². The molecule has 0 spiro atoms. The van der Waals surface area contributed by atoms with Crippen LogP contribution < -0.4 is 14.4 Å². The number of halogens is 2. The fourth-order valence-corrected chi connectivity index (χ4v) is 5.50. The minimum Gasteiger partial charge on any atom is -0.490 e. The van der Waals surface area contributed by atoms with Crippen molar-refractivity contribution in [2.45, 2.75) is 26.9 Å². The number of amides is 1. The summed E-state index contributed by atoms with van der Waals surface area (Å²) in [4.78, 5) is 28.9. The standard InChI is InChI=1S/C30H28BrIN2O5S/c1-4-19-8-12-23(13-9-19)34-29(36)25(33(30(34)40)17-27(35)37-3)15-21-14-24(32)28(26(16-21)38-5-2)39-18-20-6-10-22(31)11-7-20/h6-16H,4-5,17-18H2,1-3H3/b25-15-. The first-order valence-corrected chi connectivity index (χ1v) is 14.9. The Morgan fingerprint density at radius 1 is 1.02 bits per heavy atom. The van der Waals surface area contributed by atoms with Gasteiger partial charge in [-0.2, -0.15) is 0 Å². The zero-order valence-corrected chi connectivity index (χ0v) is 26.8. The molecular weight excluding hydrogens is 707 g/mol. The average Bonchev–Trinajstić information content (AvgIpc) is 3.17. The third kappa shape index (κ3) is 6.84. The van der Waals surface area contributed by atoms with Gasteiger partial charge < -0.3 is 19.1 Å². The number of methoxy groups -OCH3 is 1. The van der Waals surface area contributed by atoms with Crippen LogP contribution in [0.3, 0.4) is 0 Å². The number of anilines is 1. The highest BCUT2D eigenvalue weighted by Gasteiger charge is 2.40. The SMILES string of the molecule is CCOc1cc(/C=C2/C(=O)N(c3ccc(CC)cc3)C(=S)N2CC(=O)OC)cc(I)c1OCc1ccc(Br)cc1. The first kappa shape index (κ1) is 30.0. The van der Waals surface area contributed by atoms with Crippen LogP contribution in [0.5, 0.6) is 11.5 Å². The fourth-order valence-electron chi connectivity index (χ4n) is 4.10. The smallest absolute Gasteiger partial charge is 0.325 e. The molecule has 0 saturated carbocycles. The third-order valence-corrected chi connectivity index (χ3v) is 7.92. The van der Waals surface area contributed by atoms with Gasteiger partial charge >= 0.3 is 5.97 Å². The fraction of sp³-hybridized carbons (Fsp3) is 0.233. The van der Waals surface area contributed by atoms with Crippen molar-refractivity contribution in [2.24, 2.45) is 0 Å². The molecule has 40 heavy (non-hydrogen) atoms. The largest absolute Gasteiger partial charge is 0.490 e. The van der Waals surface area contributed by atoms with Crippen LogP contribution in [0.4, 0.5) is 5.69 Å². The van der Waals surface area contributed by atoms with Gasteiger partial charge in [-0.3, -0.25) is 14.5 Å². The number of esters is 1. The van der Waals surface area contributed by atoms with E-state index in [1.54, 1.807) is 6.08 Å². The van der Waals surface area contributed by atoms with Crippen LogP contribution in [-0.4, -0.2) is 42.2 Å². The molecule has 3 aromatic carbocycles. The van der Waals surface area contributed by atoms with Crippen LogP contribution in [0, 0.1) is 3.57 Å². The Morgan fingerprint density at radius 2 is 1.70 bits per heavy atom. The van der Waals surface area contributed by atoms with E-state index in [-0.39, 0.29) is 23.3 Å². The van der Waals surface area contributed by atoms with Gasteiger partial charge in [-0.25, -0.2) is 0 Å². The van der Waals surface area contributed by atoms with E-state index in [4.69, 9.17) is 26.4 Å². The summed E-state index contributed by atoms with van der Waals surface area (Å²) in [5.41, 5.74) is 3.75. The minimum absolute atomic E-state index is 0.194. The molecule has 0 unspecified atom stereocenters. The van der Waals surface area contributed by atoms with Crippen LogP contribution in [0.15, 0.2) is 70.8 Å². The molecule has 0 N–H and O–H groups in total. The molecular formula is C30H28BrIN2O5S. The number of benzene rings is 3. The van der Waals surface area contributed by atoms with Crippen molar-refractivity contribution in [2.75, 3.05) is 25.2 Å². The van der Waals surface area contributed by atoms with E-state index >= 15 is 0 Å². The zero-order valence-electron chi connectivity index (χ0n) is 22.3. The van der Waals surface area contributed by atoms with E-state index in [0.717, 1.165) is 25.6 Å². The molecule has 0 bridgehead atoms. The van der Waals surface area contributed by atoms with Crippen LogP contribution in [0.1, 0.15) is 30.5 Å². The topological polar surface area (TPSA) is 68.3 Å². The van der Waals surface area contributed by atoms with Crippen molar-refractivity contribution in [1.29, 1.82) is 0 Å². The number of nitrogens with zero attached hydrogens (tertiary/aromatic N) is 2. The monoisotopic (exact) mass is 734 g/mol. The Kier molecular flexibility index (Phi) is 10.2. The Balaban J connectivity index is 1.70. The van der Waals surface area contributed by atoms with Gasteiger partial charge in [-0.15, -0.1) is 0 Å². The summed E-state index contributed by atoms with van der Waals surface area (Å²) in [6.45, 7) is 4.57. The van der Waals surface area contributed by atoms with Crippen molar-refractivity contribution >= 4 is 79.5 Å². The van der Waals surface area contributed by atoms with Gasteiger partial charge in [0.1, 0.15) is 18.8 Å². The highest BCUT2D eigenvalue weighted by atomic mass is 127. The number of thiocarbonyl (C=S) groups is 1. The minimum atomic E-state index is -0.509. The molecule has 3 aromatic rings. The van der Waals surface area contributed by atoms with Gasteiger partial charge in [0.25, 0.3) is 5.91 Å². The summed E-state index contributed by atoms with van der Waals surface area (Å²) >= 11 is 11.3. The van der Waals surface area contributed by atoms with E-state index in [2.05, 4.69) is 45.4 Å². The van der Waals surface area contributed by atoms with Crippen molar-refractivity contribution in [3.05, 3.63) is 91.1 Å². The molecule has 1 fully saturated rings. The van der Waals surface area contributed by atoms with Gasteiger partial charge in [-0.1, -0.05) is 47.1 Å². The van der Waals surface area contributed by atoms with Crippen LogP contribution in [0.2, 0.25) is 0 Å². The molecule has 1 aliphatic heterocycles. The van der Waals surface area contributed by atoms with Gasteiger partial charge in [0.2, 0.25) is 0 Å². The van der Waals surface area contributed by atoms with Crippen molar-refractivity contribution in [1.82, 2.24) is 4.90 Å². The Labute approximate surface area is 261 Å². The number of ether oxygens (including phenoxy) is 3. The summed E-state index contributed by atoms with van der Waals surface area (Å²) in [5.74, 6) is 0.329. The molecule has 0 atom stereocenters. The lowest BCUT2D eigenvalue weighted by Gasteiger charge is -2.19. The summed E-state index contributed by atoms with van der Waals surface area (Å²) in [5, 5.41) is 0.208. The van der Waals surface area contributed by atoms with Gasteiger partial charge in [-0.05, 0) is 107 Å². The number of rotatable bonds is 10. The highest BCUT2D eigenvalue weighted by Crippen LogP contribution is 2.37. The predicted molar refractivity (Wildman–Crippen MR) is 171 cm³/mol. The summed E-state index contributed by atoms with van der Waals surface area (Å²) < 4.78 is 18.8. The summed E-state index contributed by atoms with van der Waals surface area (Å²) in [7, 11) is 1.30. The lowest BCUT2D eigenvalue weighted by molar-refractivity contribution is -0.140. The molecule has 0 aliphatic carbocycles. The number of carbonyl (C=O) groups is 2. The van der Waals surface area contributed by atoms with Crippen molar-refractivity contribution < 1.29 is 23.8 Å². The second-order valence-electron chi connectivity index (χ2n) is 8.81. The zero-order chi connectivity index (χ0) is 28.8. The highest BCUT2D eigenvalue weighted by molar-refractivity contribution is 14.1. The lowest BCUT2D eigenvalue weighted by Crippen LogP contribution is -2.35. The molecule has 7 nitrogen and oxygen atoms in total. The van der Waals surface area contributed by atoms with Gasteiger partial charge in [0.15, 0.2) is 16.6 Å². The maximum atomic E-state index is 13.7. The summed E-state index contributed by atoms with van der Waals surface area (Å²) in [6.07, 6.45) is 2.59. The van der Waals surface area contributed by atoms with E-state index < -0.39 is 5.97 Å². The molecule has 1 heterocycles. The molecule has 10 heteroatoms. The van der Waals surface area contributed by atoms with E-state index in [1.165, 1.54) is 16.9 Å². The lowest BCUT2D eigenvalue weighted by atomic mass is 10.1. The van der Waals surface area contributed by atoms with Gasteiger partial charge in [0, 0.05) is 4.47 Å². The number of hydrogen-bond acceptors (Lipinski definition) is 6. The van der Waals surface area contributed by atoms with E-state index in [0.29, 0.717) is 36.0 Å². The first-order valence-electron chi connectivity index (χ1n) is 12.6. The Hall–Kier alpha value is -2.96. The van der Waals surface area contributed by atoms with Crippen molar-refractivity contribution in [3.8, 4) is 11.5 Å². The summed E-state index contributed by atoms with van der Waals surface area (Å²) in [6, 6.07) is 19.3. The molecule has 1 saturated heterocycles.